The van der Waals surface area contributed by atoms with Crippen molar-refractivity contribution in [1.29, 1.82) is 0 Å². The van der Waals surface area contributed by atoms with Gasteiger partial charge in [-0.1, -0.05) is 40.2 Å². The van der Waals surface area contributed by atoms with Crippen molar-refractivity contribution >= 4 is 62.3 Å². The number of rotatable bonds is 2. The Hall–Kier alpha value is -1.30. The molecule has 1 aromatic heterocycles. The van der Waals surface area contributed by atoms with Crippen LogP contribution in [0.15, 0.2) is 57.2 Å². The molecular weight excluding hydrogens is 354 g/mol. The van der Waals surface area contributed by atoms with Crippen molar-refractivity contribution < 1.29 is 4.79 Å². The Kier molecular flexibility index (Phi) is 3.83. The topological polar surface area (TPSA) is 29.1 Å². The Labute approximate surface area is 134 Å². The summed E-state index contributed by atoms with van der Waals surface area (Å²) in [7, 11) is 0. The molecule has 0 aliphatic rings. The summed E-state index contributed by atoms with van der Waals surface area (Å²) in [5.41, 5.74) is 0.808. The summed E-state index contributed by atoms with van der Waals surface area (Å²) in [5, 5.41) is 6.89. The van der Waals surface area contributed by atoms with E-state index in [2.05, 4.69) is 33.9 Å². The number of nitrogens with one attached hydrogen (secondary N) is 1. The molecule has 2 aromatic carbocycles. The van der Waals surface area contributed by atoms with Crippen LogP contribution in [-0.4, -0.2) is 5.91 Å². The van der Waals surface area contributed by atoms with E-state index in [1.54, 1.807) is 6.07 Å². The number of benzene rings is 2. The van der Waals surface area contributed by atoms with Gasteiger partial charge in [0.05, 0.1) is 4.88 Å². The molecule has 0 spiro atoms. The maximum Gasteiger partial charge on any atom is 0.265 e. The highest BCUT2D eigenvalue weighted by Crippen LogP contribution is 2.30. The van der Waals surface area contributed by atoms with Crippen LogP contribution < -0.4 is 5.32 Å². The van der Waals surface area contributed by atoms with Crippen LogP contribution in [0.1, 0.15) is 9.67 Å². The van der Waals surface area contributed by atoms with Gasteiger partial charge < -0.3 is 5.32 Å². The summed E-state index contributed by atoms with van der Waals surface area (Å²) >= 11 is 9.14. The third-order valence-electron chi connectivity index (χ3n) is 2.93. The average Bonchev–Trinajstić information content (AvgIpc) is 2.89. The maximum atomic E-state index is 12.2. The molecule has 100 valence electrons. The van der Waals surface area contributed by atoms with Crippen LogP contribution in [0, 0.1) is 0 Å². The van der Waals surface area contributed by atoms with Gasteiger partial charge in [-0.25, -0.2) is 0 Å². The summed E-state index contributed by atoms with van der Waals surface area (Å²) in [4.78, 5) is 13.7. The largest absolute Gasteiger partial charge is 0.321 e. The first-order valence-corrected chi connectivity index (χ1v) is 8.03. The maximum absolute atomic E-state index is 12.2. The number of thiophene rings is 1. The van der Waals surface area contributed by atoms with Gasteiger partial charge in [0.2, 0.25) is 0 Å². The molecule has 3 aromatic rings. The molecule has 1 amide bonds. The zero-order chi connectivity index (χ0) is 14.1. The lowest BCUT2D eigenvalue weighted by Crippen LogP contribution is -2.10. The van der Waals surface area contributed by atoms with Crippen molar-refractivity contribution in [2.24, 2.45) is 0 Å². The minimum Gasteiger partial charge on any atom is -0.321 e. The summed E-state index contributed by atoms with van der Waals surface area (Å²) in [5.74, 6) is -0.109. The SMILES string of the molecule is O=C(Nc1ccc(Br)c2ccccc12)c1cc(S)cs1. The Morgan fingerprint density at radius 1 is 1.15 bits per heavy atom. The second-order valence-corrected chi connectivity index (χ2v) is 6.55. The second kappa shape index (κ2) is 5.60. The van der Waals surface area contributed by atoms with E-state index in [4.69, 9.17) is 0 Å². The number of halogens is 1. The van der Waals surface area contributed by atoms with Gasteiger partial charge in [0.1, 0.15) is 0 Å². The highest BCUT2D eigenvalue weighted by atomic mass is 79.9. The van der Waals surface area contributed by atoms with Crippen LogP contribution in [0.5, 0.6) is 0 Å². The Balaban J connectivity index is 1.99. The third kappa shape index (κ3) is 2.61. The van der Waals surface area contributed by atoms with Crippen LogP contribution in [-0.2, 0) is 0 Å². The number of thiol groups is 1. The zero-order valence-electron chi connectivity index (χ0n) is 10.3. The highest BCUT2D eigenvalue weighted by Gasteiger charge is 2.11. The molecule has 5 heteroatoms. The fourth-order valence-electron chi connectivity index (χ4n) is 2.00. The molecule has 0 radical (unpaired) electrons. The van der Waals surface area contributed by atoms with E-state index in [1.165, 1.54) is 11.3 Å². The minimum absolute atomic E-state index is 0.109. The van der Waals surface area contributed by atoms with Gasteiger partial charge in [-0.15, -0.1) is 24.0 Å². The van der Waals surface area contributed by atoms with E-state index in [9.17, 15) is 4.79 Å². The van der Waals surface area contributed by atoms with Crippen LogP contribution >= 0.6 is 39.9 Å². The Morgan fingerprint density at radius 3 is 2.60 bits per heavy atom. The molecule has 0 bridgehead atoms. The lowest BCUT2D eigenvalue weighted by atomic mass is 10.1. The monoisotopic (exact) mass is 363 g/mol. The fourth-order valence-corrected chi connectivity index (χ4v) is 3.52. The van der Waals surface area contributed by atoms with Gasteiger partial charge >= 0.3 is 0 Å². The van der Waals surface area contributed by atoms with Crippen molar-refractivity contribution in [3.05, 3.63) is 57.2 Å². The Bertz CT molecular complexity index is 797. The fraction of sp³-hybridized carbons (Fsp3) is 0. The van der Waals surface area contributed by atoms with Gasteiger partial charge in [0, 0.05) is 25.8 Å². The smallest absolute Gasteiger partial charge is 0.265 e. The predicted molar refractivity (Wildman–Crippen MR) is 91.2 cm³/mol. The van der Waals surface area contributed by atoms with Gasteiger partial charge in [-0.05, 0) is 23.6 Å². The van der Waals surface area contributed by atoms with Gasteiger partial charge in [0.15, 0.2) is 0 Å². The van der Waals surface area contributed by atoms with Crippen LogP contribution in [0.4, 0.5) is 5.69 Å². The van der Waals surface area contributed by atoms with Crippen molar-refractivity contribution in [1.82, 2.24) is 0 Å². The first-order chi connectivity index (χ1) is 9.65. The van der Waals surface area contributed by atoms with Gasteiger partial charge in [-0.3, -0.25) is 4.79 Å². The number of fused-ring (bicyclic) bond motifs is 1. The number of anilines is 1. The first kappa shape index (κ1) is 13.7. The Morgan fingerprint density at radius 2 is 1.90 bits per heavy atom. The number of carbonyl (C=O) groups is 1. The summed E-state index contributed by atoms with van der Waals surface area (Å²) < 4.78 is 1.01. The van der Waals surface area contributed by atoms with Crippen LogP contribution in [0.25, 0.3) is 10.8 Å². The van der Waals surface area contributed by atoms with E-state index in [1.807, 2.05) is 41.8 Å². The lowest BCUT2D eigenvalue weighted by molar-refractivity contribution is 0.103. The molecule has 0 saturated heterocycles. The summed E-state index contributed by atoms with van der Waals surface area (Å²) in [6, 6.07) is 13.6. The van der Waals surface area contributed by atoms with Crippen molar-refractivity contribution in [3.63, 3.8) is 0 Å². The minimum atomic E-state index is -0.109. The molecule has 0 unspecified atom stereocenters. The van der Waals surface area contributed by atoms with Crippen molar-refractivity contribution in [2.45, 2.75) is 4.90 Å². The molecule has 0 fully saturated rings. The quantitative estimate of drug-likeness (QED) is 0.601. The molecule has 0 aliphatic carbocycles. The standard InChI is InChI=1S/C15H10BrNOS2/c16-12-5-6-13(11-4-2-1-3-10(11)12)17-15(18)14-7-9(19)8-20-14/h1-8,19H,(H,17,18). The zero-order valence-corrected chi connectivity index (χ0v) is 13.6. The normalized spacial score (nSPS) is 10.7. The number of amides is 1. The number of carbonyl (C=O) groups excluding carboxylic acids is 1. The van der Waals surface area contributed by atoms with Crippen LogP contribution in [0.3, 0.4) is 0 Å². The number of hydrogen-bond donors (Lipinski definition) is 2. The van der Waals surface area contributed by atoms with E-state index >= 15 is 0 Å². The van der Waals surface area contributed by atoms with E-state index < -0.39 is 0 Å². The highest BCUT2D eigenvalue weighted by molar-refractivity contribution is 9.10. The van der Waals surface area contributed by atoms with Gasteiger partial charge in [-0.2, -0.15) is 0 Å². The van der Waals surface area contributed by atoms with E-state index in [0.717, 1.165) is 25.8 Å². The molecule has 0 saturated carbocycles. The molecule has 0 aliphatic heterocycles. The second-order valence-electron chi connectivity index (χ2n) is 4.26. The molecule has 2 nitrogen and oxygen atoms in total. The third-order valence-corrected chi connectivity index (χ3v) is 4.98. The molecule has 20 heavy (non-hydrogen) atoms. The van der Waals surface area contributed by atoms with Crippen molar-refractivity contribution in [2.75, 3.05) is 5.32 Å². The molecule has 1 N–H and O–H groups in total. The molecule has 1 heterocycles. The first-order valence-electron chi connectivity index (χ1n) is 5.91. The van der Waals surface area contributed by atoms with E-state index in [-0.39, 0.29) is 5.91 Å². The molecule has 0 atom stereocenters. The predicted octanol–water partition coefficient (Wildman–Crippen LogP) is 5.20. The van der Waals surface area contributed by atoms with Gasteiger partial charge in [0.25, 0.3) is 5.91 Å². The van der Waals surface area contributed by atoms with Crippen molar-refractivity contribution in [3.8, 4) is 0 Å². The van der Waals surface area contributed by atoms with E-state index in [0.29, 0.717) is 4.88 Å². The average molecular weight is 364 g/mol. The molecular formula is C15H10BrNOS2. The lowest BCUT2D eigenvalue weighted by Gasteiger charge is -2.09. The summed E-state index contributed by atoms with van der Waals surface area (Å²) in [6.07, 6.45) is 0. The van der Waals surface area contributed by atoms with Crippen LogP contribution in [0.2, 0.25) is 0 Å². The number of hydrogen-bond acceptors (Lipinski definition) is 3. The summed E-state index contributed by atoms with van der Waals surface area (Å²) in [6.45, 7) is 0. The molecule has 3 rings (SSSR count).